The third kappa shape index (κ3) is 3.77. The van der Waals surface area contributed by atoms with Gasteiger partial charge in [0.05, 0.1) is 17.8 Å². The maximum atomic E-state index is 13.5. The van der Waals surface area contributed by atoms with Gasteiger partial charge < -0.3 is 10.4 Å². The molecule has 0 aliphatic carbocycles. The molecule has 0 bridgehead atoms. The highest BCUT2D eigenvalue weighted by molar-refractivity contribution is 5.94. The molecule has 1 aromatic rings. The molecule has 21 heavy (non-hydrogen) atoms. The first-order valence-electron chi connectivity index (χ1n) is 7.06. The normalized spacial score (nSPS) is 24.6. The molecule has 6 heteroatoms. The number of carbonyl (C=O) groups is 1. The van der Waals surface area contributed by atoms with Gasteiger partial charge in [-0.2, -0.15) is 0 Å². The fourth-order valence-electron chi connectivity index (χ4n) is 2.42. The zero-order valence-corrected chi connectivity index (χ0v) is 12.1. The first-order valence-corrected chi connectivity index (χ1v) is 7.06. The van der Waals surface area contributed by atoms with Crippen LogP contribution in [0.4, 0.5) is 14.5 Å². The number of hydrogen-bond donors (Lipinski definition) is 2. The summed E-state index contributed by atoms with van der Waals surface area (Å²) in [6.07, 6.45) is 0.348. The highest BCUT2D eigenvalue weighted by Crippen LogP contribution is 2.20. The van der Waals surface area contributed by atoms with Gasteiger partial charge >= 0.3 is 0 Å². The minimum Gasteiger partial charge on any atom is -0.392 e. The van der Waals surface area contributed by atoms with E-state index in [-0.39, 0.29) is 17.5 Å². The first kappa shape index (κ1) is 15.9. The summed E-state index contributed by atoms with van der Waals surface area (Å²) in [5, 5.41) is 12.3. The van der Waals surface area contributed by atoms with Crippen LogP contribution in [0.25, 0.3) is 0 Å². The van der Waals surface area contributed by atoms with Gasteiger partial charge in [-0.25, -0.2) is 8.78 Å². The number of β-amino-alcohol motifs (C(OH)–C–C–N with tert-alkyl or cyclic N) is 1. The Hall–Kier alpha value is -1.53. The molecule has 0 spiro atoms. The van der Waals surface area contributed by atoms with E-state index in [0.717, 1.165) is 18.6 Å². The van der Waals surface area contributed by atoms with Crippen LogP contribution in [0.2, 0.25) is 0 Å². The lowest BCUT2D eigenvalue weighted by atomic mass is 9.95. The SMILES string of the molecule is CC1CCN(C(C)C(=O)Nc2ccc(F)cc2F)CC1O. The number of benzene rings is 1. The molecule has 4 nitrogen and oxygen atoms in total. The number of amides is 1. The molecule has 2 N–H and O–H groups in total. The van der Waals surface area contributed by atoms with E-state index >= 15 is 0 Å². The van der Waals surface area contributed by atoms with Crippen LogP contribution in [0.15, 0.2) is 18.2 Å². The average molecular weight is 298 g/mol. The molecule has 0 radical (unpaired) electrons. The zero-order valence-electron chi connectivity index (χ0n) is 12.1. The first-order chi connectivity index (χ1) is 9.88. The van der Waals surface area contributed by atoms with Gasteiger partial charge in [0.2, 0.25) is 5.91 Å². The quantitative estimate of drug-likeness (QED) is 0.897. The van der Waals surface area contributed by atoms with Crippen LogP contribution in [0, 0.1) is 17.6 Å². The van der Waals surface area contributed by atoms with Crippen LogP contribution in [-0.4, -0.2) is 41.1 Å². The van der Waals surface area contributed by atoms with Crippen molar-refractivity contribution in [1.82, 2.24) is 4.90 Å². The van der Waals surface area contributed by atoms with Crippen LogP contribution < -0.4 is 5.32 Å². The lowest BCUT2D eigenvalue weighted by Crippen LogP contribution is -2.50. The van der Waals surface area contributed by atoms with Gasteiger partial charge in [-0.3, -0.25) is 9.69 Å². The van der Waals surface area contributed by atoms with E-state index in [1.165, 1.54) is 6.07 Å². The van der Waals surface area contributed by atoms with Crippen molar-refractivity contribution >= 4 is 11.6 Å². The summed E-state index contributed by atoms with van der Waals surface area (Å²) in [4.78, 5) is 14.0. The second-order valence-electron chi connectivity index (χ2n) is 5.62. The monoisotopic (exact) mass is 298 g/mol. The maximum Gasteiger partial charge on any atom is 0.241 e. The summed E-state index contributed by atoms with van der Waals surface area (Å²) in [5.74, 6) is -1.65. The molecule has 1 aliphatic rings. The van der Waals surface area contributed by atoms with E-state index in [4.69, 9.17) is 0 Å². The molecule has 3 unspecified atom stereocenters. The van der Waals surface area contributed by atoms with Crippen molar-refractivity contribution in [2.75, 3.05) is 18.4 Å². The fraction of sp³-hybridized carbons (Fsp3) is 0.533. The Labute approximate surface area is 122 Å². The number of rotatable bonds is 3. The third-order valence-corrected chi connectivity index (χ3v) is 4.07. The number of likely N-dealkylation sites (tertiary alicyclic amines) is 1. The van der Waals surface area contributed by atoms with E-state index in [2.05, 4.69) is 5.32 Å². The molecule has 1 amide bonds. The molecule has 1 aliphatic heterocycles. The lowest BCUT2D eigenvalue weighted by Gasteiger charge is -2.37. The number of piperidine rings is 1. The van der Waals surface area contributed by atoms with Crippen molar-refractivity contribution in [3.05, 3.63) is 29.8 Å². The summed E-state index contributed by atoms with van der Waals surface area (Å²) in [6.45, 7) is 4.81. The number of carbonyl (C=O) groups excluding carboxylic acids is 1. The number of aliphatic hydroxyl groups excluding tert-OH is 1. The summed E-state index contributed by atoms with van der Waals surface area (Å²) >= 11 is 0. The third-order valence-electron chi connectivity index (χ3n) is 4.07. The van der Waals surface area contributed by atoms with Gasteiger partial charge in [-0.05, 0) is 37.9 Å². The molecule has 1 aromatic carbocycles. The van der Waals surface area contributed by atoms with E-state index in [1.807, 2.05) is 11.8 Å². The predicted molar refractivity (Wildman–Crippen MR) is 75.8 cm³/mol. The highest BCUT2D eigenvalue weighted by Gasteiger charge is 2.30. The van der Waals surface area contributed by atoms with Gasteiger partial charge in [0.25, 0.3) is 0 Å². The molecule has 1 saturated heterocycles. The Morgan fingerprint density at radius 3 is 2.81 bits per heavy atom. The number of aliphatic hydroxyl groups is 1. The molecular weight excluding hydrogens is 278 g/mol. The Morgan fingerprint density at radius 2 is 2.19 bits per heavy atom. The molecular formula is C15H20F2N2O2. The van der Waals surface area contributed by atoms with Gasteiger partial charge in [0.15, 0.2) is 0 Å². The Bertz CT molecular complexity index is 524. The van der Waals surface area contributed by atoms with Crippen LogP contribution in [-0.2, 0) is 4.79 Å². The molecule has 2 rings (SSSR count). The van der Waals surface area contributed by atoms with E-state index in [1.54, 1.807) is 6.92 Å². The molecule has 1 fully saturated rings. The maximum absolute atomic E-state index is 13.5. The van der Waals surface area contributed by atoms with Gasteiger partial charge in [0, 0.05) is 12.6 Å². The van der Waals surface area contributed by atoms with Gasteiger partial charge in [-0.1, -0.05) is 6.92 Å². The van der Waals surface area contributed by atoms with Crippen molar-refractivity contribution in [3.8, 4) is 0 Å². The summed E-state index contributed by atoms with van der Waals surface area (Å²) in [6, 6.07) is 2.53. The van der Waals surface area contributed by atoms with Crippen molar-refractivity contribution in [1.29, 1.82) is 0 Å². The van der Waals surface area contributed by atoms with Crippen molar-refractivity contribution < 1.29 is 18.7 Å². The van der Waals surface area contributed by atoms with Crippen molar-refractivity contribution in [2.45, 2.75) is 32.4 Å². The fourth-order valence-corrected chi connectivity index (χ4v) is 2.42. The Balaban J connectivity index is 1.99. The standard InChI is InChI=1S/C15H20F2N2O2/c1-9-5-6-19(8-14(9)20)10(2)15(21)18-13-4-3-11(16)7-12(13)17/h3-4,7,9-10,14,20H,5-6,8H2,1-2H3,(H,18,21). The lowest BCUT2D eigenvalue weighted by molar-refractivity contribution is -0.122. The zero-order chi connectivity index (χ0) is 15.6. The number of anilines is 1. The minimum absolute atomic E-state index is 0.0424. The second kappa shape index (κ2) is 6.49. The number of halogens is 2. The van der Waals surface area contributed by atoms with Crippen LogP contribution >= 0.6 is 0 Å². The van der Waals surface area contributed by atoms with E-state index in [9.17, 15) is 18.7 Å². The second-order valence-corrected chi connectivity index (χ2v) is 5.62. The van der Waals surface area contributed by atoms with Crippen molar-refractivity contribution in [2.24, 2.45) is 5.92 Å². The molecule has 1 heterocycles. The topological polar surface area (TPSA) is 52.6 Å². The van der Waals surface area contributed by atoms with Gasteiger partial charge in [-0.15, -0.1) is 0 Å². The summed E-state index contributed by atoms with van der Waals surface area (Å²) in [5.41, 5.74) is -0.0424. The summed E-state index contributed by atoms with van der Waals surface area (Å²) < 4.78 is 26.3. The molecule has 0 aromatic heterocycles. The largest absolute Gasteiger partial charge is 0.392 e. The molecule has 0 saturated carbocycles. The average Bonchev–Trinajstić information content (AvgIpc) is 2.44. The highest BCUT2D eigenvalue weighted by atomic mass is 19.1. The van der Waals surface area contributed by atoms with Crippen LogP contribution in [0.5, 0.6) is 0 Å². The summed E-state index contributed by atoms with van der Waals surface area (Å²) in [7, 11) is 0. The van der Waals surface area contributed by atoms with Crippen LogP contribution in [0.3, 0.4) is 0 Å². The smallest absolute Gasteiger partial charge is 0.241 e. The minimum atomic E-state index is -0.803. The van der Waals surface area contributed by atoms with Gasteiger partial charge in [0.1, 0.15) is 11.6 Å². The van der Waals surface area contributed by atoms with Crippen LogP contribution in [0.1, 0.15) is 20.3 Å². The Kier molecular flexibility index (Phi) is 4.90. The predicted octanol–water partition coefficient (Wildman–Crippen LogP) is 1.99. The van der Waals surface area contributed by atoms with E-state index in [0.29, 0.717) is 13.1 Å². The number of hydrogen-bond acceptors (Lipinski definition) is 3. The Morgan fingerprint density at radius 1 is 1.48 bits per heavy atom. The van der Waals surface area contributed by atoms with E-state index < -0.39 is 23.8 Å². The molecule has 116 valence electrons. The number of nitrogens with zero attached hydrogens (tertiary/aromatic N) is 1. The molecule has 3 atom stereocenters. The van der Waals surface area contributed by atoms with Crippen molar-refractivity contribution in [3.63, 3.8) is 0 Å². The number of nitrogens with one attached hydrogen (secondary N) is 1.